The van der Waals surface area contributed by atoms with Crippen molar-refractivity contribution < 1.29 is 0 Å². The monoisotopic (exact) mass is 348 g/mol. The van der Waals surface area contributed by atoms with Crippen LogP contribution >= 0.6 is 0 Å². The Kier molecular flexibility index (Phi) is 6.29. The van der Waals surface area contributed by atoms with Gasteiger partial charge in [-0.05, 0) is 106 Å². The third kappa shape index (κ3) is 4.63. The Morgan fingerprint density at radius 2 is 1.31 bits per heavy atom. The number of rotatable bonds is 8. The highest BCUT2D eigenvalue weighted by molar-refractivity contribution is 6.02. The molecule has 2 heteroatoms. The molecule has 2 nitrogen and oxygen atoms in total. The molecule has 0 bridgehead atoms. The first-order valence-corrected chi connectivity index (χ1v) is 9.77. The van der Waals surface area contributed by atoms with E-state index in [0.29, 0.717) is 0 Å². The summed E-state index contributed by atoms with van der Waals surface area (Å²) in [5.74, 6) is 0. The molecule has 0 aromatic heterocycles. The van der Waals surface area contributed by atoms with Gasteiger partial charge in [-0.3, -0.25) is 0 Å². The van der Waals surface area contributed by atoms with E-state index in [1.807, 2.05) is 0 Å². The van der Waals surface area contributed by atoms with Gasteiger partial charge < -0.3 is 9.80 Å². The SMILES string of the molecule is CN(C)CCCc1ccc2cc3ccccc3c(CCCN(C)C)c2c1. The molecule has 0 N–H and O–H groups in total. The molecule has 0 saturated carbocycles. The summed E-state index contributed by atoms with van der Waals surface area (Å²) in [5.41, 5.74) is 2.98. The fraction of sp³-hybridized carbons (Fsp3) is 0.417. The van der Waals surface area contributed by atoms with Gasteiger partial charge in [-0.2, -0.15) is 0 Å². The molecule has 0 amide bonds. The summed E-state index contributed by atoms with van der Waals surface area (Å²) in [7, 11) is 8.61. The van der Waals surface area contributed by atoms with Gasteiger partial charge in [0.2, 0.25) is 0 Å². The lowest BCUT2D eigenvalue weighted by Gasteiger charge is -2.15. The van der Waals surface area contributed by atoms with E-state index in [9.17, 15) is 0 Å². The third-order valence-electron chi connectivity index (χ3n) is 5.14. The Morgan fingerprint density at radius 3 is 2.04 bits per heavy atom. The smallest absolute Gasteiger partial charge is 0.00217 e. The normalized spacial score (nSPS) is 11.9. The Labute approximate surface area is 158 Å². The molecule has 0 unspecified atom stereocenters. The summed E-state index contributed by atoms with van der Waals surface area (Å²) in [6, 6.07) is 18.3. The molecular weight excluding hydrogens is 316 g/mol. The average Bonchev–Trinajstić information content (AvgIpc) is 2.61. The molecule has 0 radical (unpaired) electrons. The van der Waals surface area contributed by atoms with Crippen molar-refractivity contribution in [2.45, 2.75) is 25.7 Å². The lowest BCUT2D eigenvalue weighted by molar-refractivity contribution is 0.400. The number of aryl methyl sites for hydroxylation is 2. The van der Waals surface area contributed by atoms with Gasteiger partial charge in [-0.15, -0.1) is 0 Å². The molecule has 26 heavy (non-hydrogen) atoms. The van der Waals surface area contributed by atoms with E-state index in [1.54, 1.807) is 0 Å². The quantitative estimate of drug-likeness (QED) is 0.530. The molecule has 0 heterocycles. The molecule has 0 saturated heterocycles. The Hall–Kier alpha value is -1.90. The standard InChI is InChI=1S/C24H32N2/c1-25(2)15-7-9-19-13-14-21-18-20-10-5-6-11-22(20)23(24(21)17-19)12-8-16-26(3)4/h5-6,10-11,13-14,17-18H,7-9,12,15-16H2,1-4H3. The molecule has 138 valence electrons. The Bertz CT molecular complexity index is 865. The highest BCUT2D eigenvalue weighted by atomic mass is 15.0. The summed E-state index contributed by atoms with van der Waals surface area (Å²) in [6.07, 6.45) is 4.69. The second kappa shape index (κ2) is 8.66. The van der Waals surface area contributed by atoms with Crippen molar-refractivity contribution in [3.05, 3.63) is 59.7 Å². The number of hydrogen-bond acceptors (Lipinski definition) is 2. The van der Waals surface area contributed by atoms with Gasteiger partial charge in [-0.25, -0.2) is 0 Å². The second-order valence-corrected chi connectivity index (χ2v) is 7.95. The topological polar surface area (TPSA) is 6.48 Å². The van der Waals surface area contributed by atoms with E-state index in [1.165, 1.54) is 45.5 Å². The number of nitrogens with zero attached hydrogens (tertiary/aromatic N) is 2. The summed E-state index contributed by atoms with van der Waals surface area (Å²) in [4.78, 5) is 4.54. The molecule has 0 spiro atoms. The maximum Gasteiger partial charge on any atom is -0.00217 e. The molecule has 0 aliphatic heterocycles. The minimum atomic E-state index is 1.13. The van der Waals surface area contributed by atoms with Crippen molar-refractivity contribution in [1.82, 2.24) is 9.80 Å². The lowest BCUT2D eigenvalue weighted by atomic mass is 9.92. The zero-order valence-electron chi connectivity index (χ0n) is 16.8. The van der Waals surface area contributed by atoms with Crippen molar-refractivity contribution in [1.29, 1.82) is 0 Å². The molecule has 3 aromatic carbocycles. The van der Waals surface area contributed by atoms with Crippen LogP contribution in [0.2, 0.25) is 0 Å². The minimum absolute atomic E-state index is 1.13. The fourth-order valence-electron chi connectivity index (χ4n) is 3.80. The van der Waals surface area contributed by atoms with Crippen molar-refractivity contribution in [3.8, 4) is 0 Å². The largest absolute Gasteiger partial charge is 0.309 e. The first-order valence-electron chi connectivity index (χ1n) is 9.77. The van der Waals surface area contributed by atoms with Crippen LogP contribution in [0, 0.1) is 0 Å². The van der Waals surface area contributed by atoms with E-state index in [0.717, 1.165) is 25.9 Å². The van der Waals surface area contributed by atoms with Crippen molar-refractivity contribution in [2.24, 2.45) is 0 Å². The van der Waals surface area contributed by atoms with E-state index in [2.05, 4.69) is 86.5 Å². The van der Waals surface area contributed by atoms with Gasteiger partial charge in [0.1, 0.15) is 0 Å². The summed E-state index contributed by atoms with van der Waals surface area (Å²) < 4.78 is 0. The number of hydrogen-bond donors (Lipinski definition) is 0. The number of fused-ring (bicyclic) bond motifs is 2. The second-order valence-electron chi connectivity index (χ2n) is 7.95. The molecule has 0 atom stereocenters. The van der Waals surface area contributed by atoms with Crippen LogP contribution in [0.1, 0.15) is 24.0 Å². The van der Waals surface area contributed by atoms with Crippen molar-refractivity contribution in [3.63, 3.8) is 0 Å². The first-order chi connectivity index (χ1) is 12.5. The Morgan fingerprint density at radius 1 is 0.654 bits per heavy atom. The zero-order chi connectivity index (χ0) is 18.5. The highest BCUT2D eigenvalue weighted by Crippen LogP contribution is 2.30. The summed E-state index contributed by atoms with van der Waals surface area (Å²) >= 11 is 0. The predicted octanol–water partition coefficient (Wildman–Crippen LogP) is 4.98. The molecule has 3 aromatic rings. The van der Waals surface area contributed by atoms with E-state index < -0.39 is 0 Å². The number of benzene rings is 3. The third-order valence-corrected chi connectivity index (χ3v) is 5.14. The maximum atomic E-state index is 2.45. The van der Waals surface area contributed by atoms with E-state index in [4.69, 9.17) is 0 Å². The first kappa shape index (κ1) is 18.9. The van der Waals surface area contributed by atoms with Crippen LogP contribution in [-0.4, -0.2) is 51.1 Å². The van der Waals surface area contributed by atoms with E-state index >= 15 is 0 Å². The minimum Gasteiger partial charge on any atom is -0.309 e. The molecule has 0 fully saturated rings. The van der Waals surface area contributed by atoms with Gasteiger partial charge in [0.15, 0.2) is 0 Å². The van der Waals surface area contributed by atoms with Gasteiger partial charge in [-0.1, -0.05) is 42.5 Å². The fourth-order valence-corrected chi connectivity index (χ4v) is 3.80. The van der Waals surface area contributed by atoms with Crippen molar-refractivity contribution >= 4 is 21.5 Å². The van der Waals surface area contributed by atoms with Crippen LogP contribution < -0.4 is 0 Å². The molecule has 0 aliphatic rings. The Balaban J connectivity index is 1.98. The molecule has 0 aliphatic carbocycles. The van der Waals surface area contributed by atoms with Gasteiger partial charge >= 0.3 is 0 Å². The molecule has 3 rings (SSSR count). The zero-order valence-corrected chi connectivity index (χ0v) is 16.8. The van der Waals surface area contributed by atoms with Gasteiger partial charge in [0.25, 0.3) is 0 Å². The maximum absolute atomic E-state index is 2.45. The van der Waals surface area contributed by atoms with Gasteiger partial charge in [0, 0.05) is 0 Å². The van der Waals surface area contributed by atoms with Gasteiger partial charge in [0.05, 0.1) is 0 Å². The van der Waals surface area contributed by atoms with E-state index in [-0.39, 0.29) is 0 Å². The predicted molar refractivity (Wildman–Crippen MR) is 115 cm³/mol. The molecular formula is C24H32N2. The van der Waals surface area contributed by atoms with Crippen LogP contribution in [0.5, 0.6) is 0 Å². The summed E-state index contributed by atoms with van der Waals surface area (Å²) in [5, 5.41) is 5.61. The lowest BCUT2D eigenvalue weighted by Crippen LogP contribution is -2.13. The van der Waals surface area contributed by atoms with Crippen LogP contribution in [0.15, 0.2) is 48.5 Å². The van der Waals surface area contributed by atoms with Crippen molar-refractivity contribution in [2.75, 3.05) is 41.3 Å². The van der Waals surface area contributed by atoms with Crippen LogP contribution in [-0.2, 0) is 12.8 Å². The average molecular weight is 349 g/mol. The van der Waals surface area contributed by atoms with Crippen LogP contribution in [0.25, 0.3) is 21.5 Å². The summed E-state index contributed by atoms with van der Waals surface area (Å²) in [6.45, 7) is 2.28. The van der Waals surface area contributed by atoms with Crippen LogP contribution in [0.3, 0.4) is 0 Å². The highest BCUT2D eigenvalue weighted by Gasteiger charge is 2.09. The van der Waals surface area contributed by atoms with Crippen LogP contribution in [0.4, 0.5) is 0 Å².